The van der Waals surface area contributed by atoms with E-state index < -0.39 is 17.6 Å². The molecule has 2 amide bonds. The van der Waals surface area contributed by atoms with E-state index in [0.29, 0.717) is 12.0 Å². The lowest BCUT2D eigenvalue weighted by atomic mass is 9.87. The van der Waals surface area contributed by atoms with Crippen molar-refractivity contribution in [3.05, 3.63) is 54.1 Å². The second-order valence-corrected chi connectivity index (χ2v) is 6.57. The third-order valence-electron chi connectivity index (χ3n) is 4.25. The molecule has 0 bridgehead atoms. The zero-order valence-corrected chi connectivity index (χ0v) is 15.8. The lowest BCUT2D eigenvalue weighted by Crippen LogP contribution is -2.57. The van der Waals surface area contributed by atoms with E-state index in [9.17, 15) is 14.7 Å². The van der Waals surface area contributed by atoms with Crippen molar-refractivity contribution in [3.8, 4) is 11.1 Å². The second-order valence-electron chi connectivity index (χ2n) is 5.96. The fraction of sp³-hybridized carbons (Fsp3) is 0.263. The van der Waals surface area contributed by atoms with Crippen LogP contribution in [0, 0.1) is 0 Å². The molecule has 2 aromatic carbocycles. The van der Waals surface area contributed by atoms with Crippen molar-refractivity contribution >= 4 is 30.0 Å². The summed E-state index contributed by atoms with van der Waals surface area (Å²) < 4.78 is 3.19. The van der Waals surface area contributed by atoms with Gasteiger partial charge in [-0.1, -0.05) is 48.3 Å². The Morgan fingerprint density at radius 3 is 2.46 bits per heavy atom. The van der Waals surface area contributed by atoms with Gasteiger partial charge in [0.15, 0.2) is 0 Å². The van der Waals surface area contributed by atoms with Crippen LogP contribution < -0.4 is 15.4 Å². The molecular weight excluding hydrogens is 350 g/mol. The van der Waals surface area contributed by atoms with Crippen molar-refractivity contribution in [3.63, 3.8) is 0 Å². The van der Waals surface area contributed by atoms with Crippen LogP contribution in [0.4, 0.5) is 5.69 Å². The maximum atomic E-state index is 12.1. The first-order chi connectivity index (χ1) is 12.5. The van der Waals surface area contributed by atoms with E-state index in [4.69, 9.17) is 0 Å². The molecule has 2 aromatic rings. The Kier molecular flexibility index (Phi) is 6.65. The molecule has 7 heteroatoms. The van der Waals surface area contributed by atoms with Gasteiger partial charge < -0.3 is 20.5 Å². The predicted molar refractivity (Wildman–Crippen MR) is 106 cm³/mol. The number of anilines is 1. The number of likely N-dealkylation sites (N-methyl/N-ethyl adjacent to an activating group) is 1. The quantitative estimate of drug-likeness (QED) is 0.421. The second kappa shape index (κ2) is 8.73. The van der Waals surface area contributed by atoms with Crippen LogP contribution in [0.15, 0.2) is 48.5 Å². The summed E-state index contributed by atoms with van der Waals surface area (Å²) >= 11 is 1.52. The van der Waals surface area contributed by atoms with Gasteiger partial charge in [0.2, 0.25) is 12.3 Å². The Balaban J connectivity index is 2.29. The van der Waals surface area contributed by atoms with E-state index in [0.717, 1.165) is 16.8 Å². The number of hydrogen-bond acceptors (Lipinski definition) is 5. The maximum absolute atomic E-state index is 12.1. The molecule has 0 fully saturated rings. The van der Waals surface area contributed by atoms with Gasteiger partial charge in [-0.15, -0.1) is 0 Å². The van der Waals surface area contributed by atoms with E-state index in [1.165, 1.54) is 25.9 Å². The first-order valence-electron chi connectivity index (χ1n) is 8.07. The molecular formula is C19H23N3O3S. The molecule has 0 aliphatic rings. The number of aliphatic hydroxyl groups is 1. The summed E-state index contributed by atoms with van der Waals surface area (Å²) in [5.41, 5.74) is 2.09. The van der Waals surface area contributed by atoms with Gasteiger partial charge in [-0.2, -0.15) is 0 Å². The number of carbonyl (C=O) groups is 2. The van der Waals surface area contributed by atoms with E-state index in [-0.39, 0.29) is 0 Å². The number of benzene rings is 2. The summed E-state index contributed by atoms with van der Waals surface area (Å²) in [6, 6.07) is 15.2. The lowest BCUT2D eigenvalue weighted by molar-refractivity contribution is -0.134. The van der Waals surface area contributed by atoms with Gasteiger partial charge >= 0.3 is 0 Å². The first-order valence-corrected chi connectivity index (χ1v) is 9.29. The highest BCUT2D eigenvalue weighted by Gasteiger charge is 2.40. The third-order valence-corrected chi connectivity index (χ3v) is 4.69. The fourth-order valence-corrected chi connectivity index (χ4v) is 3.08. The van der Waals surface area contributed by atoms with E-state index in [1.807, 2.05) is 42.7 Å². The number of hydrogen-bond donors (Lipinski definition) is 4. The monoisotopic (exact) mass is 373 g/mol. The average Bonchev–Trinajstić information content (AvgIpc) is 2.67. The standard InChI is InChI=1S/C19H23N3O3S/c1-19(21-12-23,18(25)20-2)17(24)14-9-7-13(8-10-14)15-5-4-6-16(11-15)22-26-3/h4-12,17,22,24H,1-3H3,(H,20,25)(H,21,23). The van der Waals surface area contributed by atoms with Gasteiger partial charge in [-0.25, -0.2) is 0 Å². The van der Waals surface area contributed by atoms with Crippen molar-refractivity contribution in [1.82, 2.24) is 10.6 Å². The molecule has 0 saturated heterocycles. The molecule has 2 rings (SSSR count). The van der Waals surface area contributed by atoms with Crippen molar-refractivity contribution in [2.24, 2.45) is 0 Å². The van der Waals surface area contributed by atoms with Crippen LogP contribution in [0.25, 0.3) is 11.1 Å². The molecule has 0 heterocycles. The topological polar surface area (TPSA) is 90.5 Å². The maximum Gasteiger partial charge on any atom is 0.248 e. The van der Waals surface area contributed by atoms with Crippen LogP contribution >= 0.6 is 11.9 Å². The van der Waals surface area contributed by atoms with Gasteiger partial charge in [0, 0.05) is 19.0 Å². The molecule has 4 N–H and O–H groups in total. The van der Waals surface area contributed by atoms with Crippen molar-refractivity contribution < 1.29 is 14.7 Å². The smallest absolute Gasteiger partial charge is 0.248 e. The third kappa shape index (κ3) is 4.17. The summed E-state index contributed by atoms with van der Waals surface area (Å²) in [5, 5.41) is 15.5. The van der Waals surface area contributed by atoms with Crippen molar-refractivity contribution in [2.45, 2.75) is 18.6 Å². The molecule has 26 heavy (non-hydrogen) atoms. The predicted octanol–water partition coefficient (Wildman–Crippen LogP) is 2.33. The van der Waals surface area contributed by atoms with Gasteiger partial charge in [0.05, 0.1) is 0 Å². The van der Waals surface area contributed by atoms with E-state index in [2.05, 4.69) is 15.4 Å². The van der Waals surface area contributed by atoms with E-state index in [1.54, 1.807) is 12.1 Å². The highest BCUT2D eigenvalue weighted by molar-refractivity contribution is 7.99. The molecule has 6 nitrogen and oxygen atoms in total. The Hall–Kier alpha value is -2.51. The van der Waals surface area contributed by atoms with Crippen LogP contribution in [0.5, 0.6) is 0 Å². The zero-order valence-electron chi connectivity index (χ0n) is 14.9. The number of carbonyl (C=O) groups excluding carboxylic acids is 2. The Morgan fingerprint density at radius 1 is 1.19 bits per heavy atom. The van der Waals surface area contributed by atoms with E-state index >= 15 is 0 Å². The molecule has 0 spiro atoms. The molecule has 2 atom stereocenters. The highest BCUT2D eigenvalue weighted by atomic mass is 32.2. The minimum Gasteiger partial charge on any atom is -0.385 e. The highest BCUT2D eigenvalue weighted by Crippen LogP contribution is 2.29. The van der Waals surface area contributed by atoms with Gasteiger partial charge in [0.1, 0.15) is 11.6 Å². The van der Waals surface area contributed by atoms with Crippen LogP contribution in [0.2, 0.25) is 0 Å². The summed E-state index contributed by atoms with van der Waals surface area (Å²) in [4.78, 5) is 23.0. The zero-order chi connectivity index (χ0) is 19.2. The van der Waals surface area contributed by atoms with Gasteiger partial charge in [-0.05, 0) is 35.7 Å². The summed E-state index contributed by atoms with van der Waals surface area (Å²) in [6.07, 6.45) is 1.18. The Morgan fingerprint density at radius 2 is 1.88 bits per heavy atom. The minimum absolute atomic E-state index is 0.414. The molecule has 138 valence electrons. The summed E-state index contributed by atoms with van der Waals surface area (Å²) in [6.45, 7) is 1.48. The van der Waals surface area contributed by atoms with Crippen LogP contribution in [-0.4, -0.2) is 36.3 Å². The van der Waals surface area contributed by atoms with Crippen LogP contribution in [0.1, 0.15) is 18.6 Å². The average molecular weight is 373 g/mol. The van der Waals surface area contributed by atoms with Crippen LogP contribution in [0.3, 0.4) is 0 Å². The molecule has 2 unspecified atom stereocenters. The van der Waals surface area contributed by atoms with Crippen LogP contribution in [-0.2, 0) is 9.59 Å². The first kappa shape index (κ1) is 19.8. The molecule has 0 aliphatic carbocycles. The van der Waals surface area contributed by atoms with Crippen molar-refractivity contribution in [1.29, 1.82) is 0 Å². The normalized spacial score (nSPS) is 14.0. The van der Waals surface area contributed by atoms with Gasteiger partial charge in [-0.3, -0.25) is 9.59 Å². The fourth-order valence-electron chi connectivity index (χ4n) is 2.72. The number of nitrogens with one attached hydrogen (secondary N) is 3. The molecule has 0 saturated carbocycles. The number of amides is 2. The lowest BCUT2D eigenvalue weighted by Gasteiger charge is -2.32. The number of rotatable bonds is 8. The number of aliphatic hydroxyl groups excluding tert-OH is 1. The Labute approximate surface area is 157 Å². The minimum atomic E-state index is -1.46. The SMILES string of the molecule is CNC(=O)C(C)(NC=O)C(O)c1ccc(-c2cccc(NSC)c2)cc1. The summed E-state index contributed by atoms with van der Waals surface area (Å²) in [5.74, 6) is -0.475. The molecule has 0 aliphatic heterocycles. The molecule has 0 aromatic heterocycles. The largest absolute Gasteiger partial charge is 0.385 e. The summed E-state index contributed by atoms with van der Waals surface area (Å²) in [7, 11) is 1.46. The Bertz CT molecular complexity index is 767. The van der Waals surface area contributed by atoms with Crippen molar-refractivity contribution in [2.75, 3.05) is 18.0 Å². The van der Waals surface area contributed by atoms with Gasteiger partial charge in [0.25, 0.3) is 0 Å². The molecule has 0 radical (unpaired) electrons.